The summed E-state index contributed by atoms with van der Waals surface area (Å²) in [6, 6.07) is 0.444. The first kappa shape index (κ1) is 14.0. The molecule has 0 aromatic heterocycles. The molecule has 2 aliphatic rings. The minimum absolute atomic E-state index is 0.444. The molecule has 1 atom stereocenters. The summed E-state index contributed by atoms with van der Waals surface area (Å²) in [5.74, 6) is 1.33. The Kier molecular flexibility index (Phi) is 5.19. The lowest BCUT2D eigenvalue weighted by Gasteiger charge is -2.37. The lowest BCUT2D eigenvalue weighted by molar-refractivity contribution is -0.121. The number of rotatable bonds is 5. The number of carbonyl (C=O) groups excluding carboxylic acids is 1. The largest absolute Gasteiger partial charge is 0.304 e. The summed E-state index contributed by atoms with van der Waals surface area (Å²) in [5, 5.41) is 0. The van der Waals surface area contributed by atoms with Crippen molar-refractivity contribution in [3.8, 4) is 0 Å². The van der Waals surface area contributed by atoms with Gasteiger partial charge in [0.05, 0.1) is 0 Å². The Morgan fingerprint density at radius 1 is 1.17 bits per heavy atom. The zero-order valence-corrected chi connectivity index (χ0v) is 12.0. The van der Waals surface area contributed by atoms with Crippen LogP contribution in [0, 0.1) is 5.92 Å². The summed E-state index contributed by atoms with van der Waals surface area (Å²) >= 11 is 0. The average molecular weight is 252 g/mol. The van der Waals surface area contributed by atoms with Crippen molar-refractivity contribution in [1.82, 2.24) is 9.80 Å². The molecule has 2 fully saturated rings. The Bertz CT molecular complexity index is 274. The van der Waals surface area contributed by atoms with Crippen molar-refractivity contribution in [2.75, 3.05) is 33.7 Å². The average Bonchev–Trinajstić information content (AvgIpc) is 2.84. The van der Waals surface area contributed by atoms with Crippen molar-refractivity contribution in [3.63, 3.8) is 0 Å². The van der Waals surface area contributed by atoms with Crippen LogP contribution in [0.4, 0.5) is 0 Å². The fourth-order valence-electron chi connectivity index (χ4n) is 3.35. The summed E-state index contributed by atoms with van der Waals surface area (Å²) < 4.78 is 0. The number of hydrogen-bond donors (Lipinski definition) is 0. The maximum atomic E-state index is 12.1. The number of Topliss-reactive ketones (excluding diaryl/α,β-unsaturated/α-hetero) is 1. The Morgan fingerprint density at radius 3 is 2.61 bits per heavy atom. The van der Waals surface area contributed by atoms with E-state index < -0.39 is 0 Å². The highest BCUT2D eigenvalue weighted by Gasteiger charge is 2.24. The molecular formula is C15H28N2O. The van der Waals surface area contributed by atoms with E-state index in [1.54, 1.807) is 0 Å². The molecule has 1 heterocycles. The van der Waals surface area contributed by atoms with E-state index in [9.17, 15) is 4.79 Å². The van der Waals surface area contributed by atoms with Gasteiger partial charge in [-0.05, 0) is 26.4 Å². The normalized spacial score (nSPS) is 27.8. The Morgan fingerprint density at radius 2 is 1.89 bits per heavy atom. The van der Waals surface area contributed by atoms with Crippen LogP contribution in [0.15, 0.2) is 0 Å². The van der Waals surface area contributed by atoms with Crippen molar-refractivity contribution in [1.29, 1.82) is 0 Å². The molecule has 1 aliphatic carbocycles. The summed E-state index contributed by atoms with van der Waals surface area (Å²) in [5.41, 5.74) is 0. The Hall–Kier alpha value is -0.410. The van der Waals surface area contributed by atoms with Gasteiger partial charge in [-0.1, -0.05) is 25.7 Å². The third kappa shape index (κ3) is 4.06. The van der Waals surface area contributed by atoms with Crippen molar-refractivity contribution >= 4 is 5.78 Å². The highest BCUT2D eigenvalue weighted by molar-refractivity contribution is 5.79. The fraction of sp³-hybridized carbons (Fsp3) is 0.933. The number of nitrogens with zero attached hydrogens (tertiary/aromatic N) is 2. The Labute approximate surface area is 112 Å². The smallest absolute Gasteiger partial charge is 0.134 e. The maximum Gasteiger partial charge on any atom is 0.134 e. The quantitative estimate of drug-likeness (QED) is 0.749. The molecule has 18 heavy (non-hydrogen) atoms. The maximum absolute atomic E-state index is 12.1. The minimum atomic E-state index is 0.444. The van der Waals surface area contributed by atoms with Crippen LogP contribution in [0.5, 0.6) is 0 Å². The molecule has 0 bridgehead atoms. The first-order valence-corrected chi connectivity index (χ1v) is 7.55. The van der Waals surface area contributed by atoms with E-state index >= 15 is 0 Å². The molecule has 104 valence electrons. The topological polar surface area (TPSA) is 23.6 Å². The van der Waals surface area contributed by atoms with Gasteiger partial charge in [-0.2, -0.15) is 0 Å². The standard InChI is InChI=1S/C15H28N2O/c1-16-9-10-17(2)14(12-16)11-15(18)8-7-13-5-3-4-6-13/h13-14H,3-12H2,1-2H3. The van der Waals surface area contributed by atoms with Crippen LogP contribution < -0.4 is 0 Å². The van der Waals surface area contributed by atoms with Gasteiger partial charge in [-0.3, -0.25) is 4.79 Å². The number of hydrogen-bond acceptors (Lipinski definition) is 3. The molecule has 0 aromatic carbocycles. The second-order valence-corrected chi connectivity index (χ2v) is 6.33. The van der Waals surface area contributed by atoms with Crippen molar-refractivity contribution < 1.29 is 4.79 Å². The van der Waals surface area contributed by atoms with Gasteiger partial charge in [0.25, 0.3) is 0 Å². The molecule has 2 rings (SSSR count). The van der Waals surface area contributed by atoms with Crippen LogP contribution in [0.2, 0.25) is 0 Å². The molecule has 1 saturated carbocycles. The van der Waals surface area contributed by atoms with E-state index in [0.717, 1.165) is 44.8 Å². The molecule has 3 nitrogen and oxygen atoms in total. The summed E-state index contributed by atoms with van der Waals surface area (Å²) in [4.78, 5) is 16.8. The molecule has 0 aromatic rings. The third-order valence-electron chi connectivity index (χ3n) is 4.75. The molecule has 0 amide bonds. The molecule has 1 aliphatic heterocycles. The van der Waals surface area contributed by atoms with E-state index in [-0.39, 0.29) is 0 Å². The molecule has 1 unspecified atom stereocenters. The zero-order chi connectivity index (χ0) is 13.0. The number of piperazine rings is 1. The minimum Gasteiger partial charge on any atom is -0.304 e. The molecule has 0 N–H and O–H groups in total. The number of likely N-dealkylation sites (N-methyl/N-ethyl adjacent to an activating group) is 2. The van der Waals surface area contributed by atoms with Crippen LogP contribution in [-0.2, 0) is 4.79 Å². The van der Waals surface area contributed by atoms with Crippen LogP contribution in [-0.4, -0.2) is 55.4 Å². The SMILES string of the molecule is CN1CCN(C)C(CC(=O)CCC2CCCC2)C1. The molecule has 3 heteroatoms. The fourth-order valence-corrected chi connectivity index (χ4v) is 3.35. The number of carbonyl (C=O) groups is 1. The van der Waals surface area contributed by atoms with E-state index in [1.807, 2.05) is 0 Å². The first-order valence-electron chi connectivity index (χ1n) is 7.55. The summed E-state index contributed by atoms with van der Waals surface area (Å²) in [7, 11) is 4.31. The molecular weight excluding hydrogens is 224 g/mol. The second-order valence-electron chi connectivity index (χ2n) is 6.33. The monoisotopic (exact) mass is 252 g/mol. The third-order valence-corrected chi connectivity index (χ3v) is 4.75. The molecule has 0 radical (unpaired) electrons. The van der Waals surface area contributed by atoms with Gasteiger partial charge in [0.2, 0.25) is 0 Å². The lowest BCUT2D eigenvalue weighted by Crippen LogP contribution is -2.50. The first-order chi connectivity index (χ1) is 8.65. The highest BCUT2D eigenvalue weighted by Crippen LogP contribution is 2.28. The van der Waals surface area contributed by atoms with Crippen LogP contribution >= 0.6 is 0 Å². The summed E-state index contributed by atoms with van der Waals surface area (Å²) in [6.45, 7) is 3.27. The predicted molar refractivity (Wildman–Crippen MR) is 74.7 cm³/mol. The Balaban J connectivity index is 1.69. The predicted octanol–water partition coefficient (Wildman–Crippen LogP) is 2.16. The van der Waals surface area contributed by atoms with Gasteiger partial charge >= 0.3 is 0 Å². The van der Waals surface area contributed by atoms with Gasteiger partial charge in [-0.15, -0.1) is 0 Å². The van der Waals surface area contributed by atoms with Gasteiger partial charge < -0.3 is 9.80 Å². The molecule has 0 spiro atoms. The van der Waals surface area contributed by atoms with E-state index in [2.05, 4.69) is 23.9 Å². The van der Waals surface area contributed by atoms with Gasteiger partial charge in [0.15, 0.2) is 0 Å². The number of ketones is 1. The van der Waals surface area contributed by atoms with Crippen LogP contribution in [0.3, 0.4) is 0 Å². The van der Waals surface area contributed by atoms with Gasteiger partial charge in [-0.25, -0.2) is 0 Å². The van der Waals surface area contributed by atoms with E-state index in [1.165, 1.54) is 25.7 Å². The van der Waals surface area contributed by atoms with Crippen LogP contribution in [0.1, 0.15) is 44.9 Å². The van der Waals surface area contributed by atoms with Crippen molar-refractivity contribution in [2.45, 2.75) is 51.0 Å². The van der Waals surface area contributed by atoms with Crippen LogP contribution in [0.25, 0.3) is 0 Å². The zero-order valence-electron chi connectivity index (χ0n) is 12.0. The van der Waals surface area contributed by atoms with Gasteiger partial charge in [0, 0.05) is 38.5 Å². The van der Waals surface area contributed by atoms with E-state index in [4.69, 9.17) is 0 Å². The van der Waals surface area contributed by atoms with E-state index in [0.29, 0.717) is 11.8 Å². The highest BCUT2D eigenvalue weighted by atomic mass is 16.1. The lowest BCUT2D eigenvalue weighted by atomic mass is 9.97. The van der Waals surface area contributed by atoms with Crippen molar-refractivity contribution in [2.24, 2.45) is 5.92 Å². The van der Waals surface area contributed by atoms with Gasteiger partial charge in [0.1, 0.15) is 5.78 Å². The van der Waals surface area contributed by atoms with Crippen molar-refractivity contribution in [3.05, 3.63) is 0 Å². The molecule has 1 saturated heterocycles. The summed E-state index contributed by atoms with van der Waals surface area (Å²) in [6.07, 6.45) is 8.21. The second kappa shape index (κ2) is 6.67.